The summed E-state index contributed by atoms with van der Waals surface area (Å²) in [7, 11) is 0. The minimum absolute atomic E-state index is 0.0640. The van der Waals surface area contributed by atoms with Crippen LogP contribution in [0.2, 0.25) is 0 Å². The number of carbonyl (C=O) groups is 1. The van der Waals surface area contributed by atoms with Crippen LogP contribution in [-0.2, 0) is 4.79 Å². The van der Waals surface area contributed by atoms with Gasteiger partial charge in [0.1, 0.15) is 0 Å². The Labute approximate surface area is 99.8 Å². The van der Waals surface area contributed by atoms with Crippen LogP contribution in [0.15, 0.2) is 0 Å². The molecule has 0 aromatic heterocycles. The summed E-state index contributed by atoms with van der Waals surface area (Å²) in [5.41, 5.74) is 5.12. The number of amides is 1. The van der Waals surface area contributed by atoms with Gasteiger partial charge in [-0.2, -0.15) is 0 Å². The molecule has 4 nitrogen and oxygen atoms in total. The molecule has 1 aliphatic carbocycles. The lowest BCUT2D eigenvalue weighted by Crippen LogP contribution is -2.51. The fourth-order valence-corrected chi connectivity index (χ4v) is 2.38. The van der Waals surface area contributed by atoms with E-state index < -0.39 is 18.4 Å². The fraction of sp³-hybridized carbons (Fsp3) is 0.909. The molecule has 0 radical (unpaired) electrons. The normalized spacial score (nSPS) is 28.7. The lowest BCUT2D eigenvalue weighted by atomic mass is 9.83. The van der Waals surface area contributed by atoms with E-state index in [1.54, 1.807) is 6.92 Å². The Morgan fingerprint density at radius 2 is 2.29 bits per heavy atom. The van der Waals surface area contributed by atoms with Crippen LogP contribution in [-0.4, -0.2) is 48.1 Å². The third-order valence-corrected chi connectivity index (χ3v) is 3.53. The molecule has 0 aromatic carbocycles. The number of carbonyl (C=O) groups excluding carboxylic acids is 1. The van der Waals surface area contributed by atoms with Crippen LogP contribution in [0.3, 0.4) is 0 Å². The van der Waals surface area contributed by atoms with Crippen molar-refractivity contribution in [2.45, 2.75) is 38.7 Å². The van der Waals surface area contributed by atoms with Gasteiger partial charge in [-0.05, 0) is 19.8 Å². The van der Waals surface area contributed by atoms with Crippen molar-refractivity contribution >= 4 is 5.91 Å². The van der Waals surface area contributed by atoms with Crippen molar-refractivity contribution < 1.29 is 18.7 Å². The van der Waals surface area contributed by atoms with E-state index in [2.05, 4.69) is 0 Å². The summed E-state index contributed by atoms with van der Waals surface area (Å²) in [6, 6.07) is -0.283. The monoisotopic (exact) mass is 250 g/mol. The number of aliphatic hydroxyl groups is 1. The Bertz CT molecular complexity index is 276. The van der Waals surface area contributed by atoms with Crippen LogP contribution in [0.25, 0.3) is 0 Å². The largest absolute Gasteiger partial charge is 0.395 e. The molecule has 0 saturated heterocycles. The summed E-state index contributed by atoms with van der Waals surface area (Å²) >= 11 is 0. The predicted molar refractivity (Wildman–Crippen MR) is 59.6 cm³/mol. The summed E-state index contributed by atoms with van der Waals surface area (Å²) in [5.74, 6) is -0.364. The van der Waals surface area contributed by atoms with E-state index in [1.165, 1.54) is 0 Å². The van der Waals surface area contributed by atoms with Crippen LogP contribution in [0, 0.1) is 5.41 Å². The van der Waals surface area contributed by atoms with E-state index in [0.29, 0.717) is 6.42 Å². The molecule has 1 rings (SSSR count). The molecule has 1 fully saturated rings. The topological polar surface area (TPSA) is 66.6 Å². The third-order valence-electron chi connectivity index (χ3n) is 3.53. The van der Waals surface area contributed by atoms with E-state index in [9.17, 15) is 13.6 Å². The van der Waals surface area contributed by atoms with E-state index in [4.69, 9.17) is 10.8 Å². The second kappa shape index (κ2) is 5.73. The van der Waals surface area contributed by atoms with Crippen LogP contribution in [0.5, 0.6) is 0 Å². The highest BCUT2D eigenvalue weighted by molar-refractivity contribution is 5.83. The first kappa shape index (κ1) is 14.3. The van der Waals surface area contributed by atoms with Gasteiger partial charge in [0.15, 0.2) is 0 Å². The Kier molecular flexibility index (Phi) is 4.82. The predicted octanol–water partition coefficient (Wildman–Crippen LogP) is 0.590. The van der Waals surface area contributed by atoms with Gasteiger partial charge >= 0.3 is 0 Å². The van der Waals surface area contributed by atoms with Gasteiger partial charge < -0.3 is 15.7 Å². The summed E-state index contributed by atoms with van der Waals surface area (Å²) in [5, 5.41) is 8.82. The Hall–Kier alpha value is -0.750. The van der Waals surface area contributed by atoms with Gasteiger partial charge in [-0.15, -0.1) is 0 Å². The first-order valence-electron chi connectivity index (χ1n) is 5.85. The molecule has 2 unspecified atom stereocenters. The number of hydrogen-bond acceptors (Lipinski definition) is 3. The second-order valence-electron chi connectivity index (χ2n) is 4.78. The van der Waals surface area contributed by atoms with E-state index in [0.717, 1.165) is 17.7 Å². The maximum Gasteiger partial charge on any atom is 0.255 e. The molecule has 2 atom stereocenters. The zero-order valence-electron chi connectivity index (χ0n) is 10.0. The maximum atomic E-state index is 12.4. The number of halogens is 2. The second-order valence-corrected chi connectivity index (χ2v) is 4.78. The molecule has 17 heavy (non-hydrogen) atoms. The number of nitrogens with two attached hydrogens (primary N) is 1. The molecule has 6 heteroatoms. The van der Waals surface area contributed by atoms with Gasteiger partial charge in [-0.25, -0.2) is 8.78 Å². The van der Waals surface area contributed by atoms with Crippen LogP contribution >= 0.6 is 0 Å². The first-order chi connectivity index (χ1) is 7.91. The minimum Gasteiger partial charge on any atom is -0.395 e. The summed E-state index contributed by atoms with van der Waals surface area (Å²) < 4.78 is 24.7. The Morgan fingerprint density at radius 1 is 1.65 bits per heavy atom. The Morgan fingerprint density at radius 3 is 2.71 bits per heavy atom. The molecule has 0 bridgehead atoms. The third kappa shape index (κ3) is 3.13. The highest BCUT2D eigenvalue weighted by atomic mass is 19.3. The smallest absolute Gasteiger partial charge is 0.255 e. The number of aliphatic hydroxyl groups excluding tert-OH is 1. The lowest BCUT2D eigenvalue weighted by Gasteiger charge is -2.34. The van der Waals surface area contributed by atoms with Crippen LogP contribution in [0.4, 0.5) is 8.78 Å². The number of hydrogen-bond donors (Lipinski definition) is 2. The van der Waals surface area contributed by atoms with Crippen molar-refractivity contribution in [1.82, 2.24) is 4.90 Å². The average Bonchev–Trinajstić information content (AvgIpc) is 2.58. The van der Waals surface area contributed by atoms with Crippen molar-refractivity contribution in [2.75, 3.05) is 19.7 Å². The van der Waals surface area contributed by atoms with Gasteiger partial charge in [0, 0.05) is 12.6 Å². The molecule has 1 amide bonds. The molecule has 0 heterocycles. The molecular formula is C11H20F2N2O2. The lowest BCUT2D eigenvalue weighted by molar-refractivity contribution is -0.144. The number of alkyl halides is 2. The van der Waals surface area contributed by atoms with Gasteiger partial charge in [0.2, 0.25) is 5.91 Å². The van der Waals surface area contributed by atoms with E-state index >= 15 is 0 Å². The van der Waals surface area contributed by atoms with Crippen molar-refractivity contribution in [3.63, 3.8) is 0 Å². The maximum absolute atomic E-state index is 12.4. The summed E-state index contributed by atoms with van der Waals surface area (Å²) in [4.78, 5) is 13.2. The molecule has 1 saturated carbocycles. The quantitative estimate of drug-likeness (QED) is 0.750. The van der Waals surface area contributed by atoms with E-state index in [-0.39, 0.29) is 25.1 Å². The van der Waals surface area contributed by atoms with Gasteiger partial charge in [0.05, 0.1) is 18.6 Å². The number of nitrogens with zero attached hydrogens (tertiary/aromatic N) is 1. The van der Waals surface area contributed by atoms with Gasteiger partial charge in [-0.1, -0.05) is 6.42 Å². The van der Waals surface area contributed by atoms with Crippen molar-refractivity contribution in [3.8, 4) is 0 Å². The van der Waals surface area contributed by atoms with Crippen molar-refractivity contribution in [2.24, 2.45) is 11.1 Å². The fourth-order valence-electron chi connectivity index (χ4n) is 2.38. The van der Waals surface area contributed by atoms with Gasteiger partial charge in [0.25, 0.3) is 6.43 Å². The molecule has 1 aliphatic rings. The molecule has 100 valence electrons. The van der Waals surface area contributed by atoms with E-state index in [1.807, 2.05) is 0 Å². The average molecular weight is 250 g/mol. The molecule has 0 aliphatic heterocycles. The SMILES string of the molecule is CC1(C(=O)N(CCO)CC(F)F)CCCC1N. The van der Waals surface area contributed by atoms with Crippen LogP contribution in [0.1, 0.15) is 26.2 Å². The van der Waals surface area contributed by atoms with Crippen molar-refractivity contribution in [1.29, 1.82) is 0 Å². The standard InChI is InChI=1S/C11H20F2N2O2/c1-11(4-2-3-8(11)14)10(17)15(5-6-16)7-9(12)13/h8-9,16H,2-7,14H2,1H3. The number of rotatable bonds is 5. The first-order valence-corrected chi connectivity index (χ1v) is 5.85. The zero-order valence-corrected chi connectivity index (χ0v) is 10.0. The molecule has 0 spiro atoms. The molecule has 0 aromatic rings. The van der Waals surface area contributed by atoms with Gasteiger partial charge in [-0.3, -0.25) is 4.79 Å². The summed E-state index contributed by atoms with van der Waals surface area (Å²) in [6.07, 6.45) is -0.390. The summed E-state index contributed by atoms with van der Waals surface area (Å²) in [6.45, 7) is 0.708. The zero-order chi connectivity index (χ0) is 13.1. The van der Waals surface area contributed by atoms with Crippen LogP contribution < -0.4 is 5.73 Å². The van der Waals surface area contributed by atoms with Crippen molar-refractivity contribution in [3.05, 3.63) is 0 Å². The Balaban J connectivity index is 2.76. The molecule has 3 N–H and O–H groups in total. The molecular weight excluding hydrogens is 230 g/mol. The highest BCUT2D eigenvalue weighted by Gasteiger charge is 2.45. The minimum atomic E-state index is -2.59. The highest BCUT2D eigenvalue weighted by Crippen LogP contribution is 2.38.